The Hall–Kier alpha value is -1.90. The summed E-state index contributed by atoms with van der Waals surface area (Å²) in [4.78, 5) is 39.6. The lowest BCUT2D eigenvalue weighted by Crippen LogP contribution is -2.18. The molecule has 1 atom stereocenters. The predicted molar refractivity (Wildman–Crippen MR) is 65.8 cm³/mol. The molecule has 0 aromatic rings. The van der Waals surface area contributed by atoms with Crippen LogP contribution in [0, 0.1) is 0 Å². The smallest absolute Gasteiger partial charge is 0.330 e. The zero-order valence-electron chi connectivity index (χ0n) is 10.2. The first-order valence-corrected chi connectivity index (χ1v) is 5.58. The molecular formula is C10H13BrO8. The number of aliphatic carboxylic acids is 2. The third kappa shape index (κ3) is 14.0. The molecule has 0 amide bonds. The summed E-state index contributed by atoms with van der Waals surface area (Å²) in [5.41, 5.74) is 0. The van der Waals surface area contributed by atoms with E-state index >= 15 is 0 Å². The molecule has 0 radical (unpaired) electrons. The highest BCUT2D eigenvalue weighted by Crippen LogP contribution is 2.06. The van der Waals surface area contributed by atoms with E-state index in [4.69, 9.17) is 10.2 Å². The van der Waals surface area contributed by atoms with Crippen molar-refractivity contribution in [3.63, 3.8) is 0 Å². The number of methoxy groups -OCH3 is 2. The summed E-state index contributed by atoms with van der Waals surface area (Å²) in [7, 11) is 2.38. The molecule has 0 fully saturated rings. The normalized spacial score (nSPS) is 10.9. The molecule has 0 rings (SSSR count). The van der Waals surface area contributed by atoms with E-state index in [1.807, 2.05) is 0 Å². The second-order valence-corrected chi connectivity index (χ2v) is 3.89. The molecule has 108 valence electrons. The molecule has 8 nitrogen and oxygen atoms in total. The van der Waals surface area contributed by atoms with Gasteiger partial charge in [-0.2, -0.15) is 0 Å². The van der Waals surface area contributed by atoms with Crippen LogP contribution in [0.3, 0.4) is 0 Å². The average molecular weight is 341 g/mol. The summed E-state index contributed by atoms with van der Waals surface area (Å²) < 4.78 is 8.38. The maximum Gasteiger partial charge on any atom is 0.330 e. The van der Waals surface area contributed by atoms with Crippen molar-refractivity contribution in [2.75, 3.05) is 14.2 Å². The number of ether oxygens (including phenoxy) is 2. The minimum atomic E-state index is -1.17. The van der Waals surface area contributed by atoms with E-state index in [1.54, 1.807) is 0 Å². The maximum absolute atomic E-state index is 10.5. The number of esters is 2. The van der Waals surface area contributed by atoms with Gasteiger partial charge in [-0.05, 0) is 0 Å². The second-order valence-electron chi connectivity index (χ2n) is 2.78. The molecule has 0 saturated heterocycles. The standard InChI is InChI=1S/C5H7BrO4.C5H6O4/c1-10-5(9)3(6)2-4(7)8;1-9-5(8)3-2-4(6)7/h3H,2H2,1H3,(H,7,8);2-3H,1H3,(H,6,7). The number of carboxylic acid groups (broad SMARTS) is 2. The van der Waals surface area contributed by atoms with Gasteiger partial charge in [0, 0.05) is 12.2 Å². The summed E-state index contributed by atoms with van der Waals surface area (Å²) in [6.45, 7) is 0. The molecule has 0 aliphatic heterocycles. The van der Waals surface area contributed by atoms with Gasteiger partial charge in [-0.3, -0.25) is 9.59 Å². The van der Waals surface area contributed by atoms with Crippen LogP contribution in [0.15, 0.2) is 12.2 Å². The lowest BCUT2D eigenvalue weighted by molar-refractivity contribution is -0.144. The molecule has 0 bridgehead atoms. The molecule has 1 unspecified atom stereocenters. The molecule has 19 heavy (non-hydrogen) atoms. The first-order chi connectivity index (χ1) is 8.74. The Kier molecular flexibility index (Phi) is 11.5. The molecule has 9 heteroatoms. The van der Waals surface area contributed by atoms with Crippen molar-refractivity contribution >= 4 is 39.8 Å². The molecule has 0 aliphatic carbocycles. The van der Waals surface area contributed by atoms with Crippen LogP contribution in [-0.4, -0.2) is 53.1 Å². The van der Waals surface area contributed by atoms with Crippen molar-refractivity contribution < 1.29 is 38.9 Å². The zero-order chi connectivity index (χ0) is 15.4. The number of alkyl halides is 1. The van der Waals surface area contributed by atoms with Gasteiger partial charge in [0.25, 0.3) is 0 Å². The van der Waals surface area contributed by atoms with Crippen LogP contribution < -0.4 is 0 Å². The average Bonchev–Trinajstić information content (AvgIpc) is 2.34. The molecule has 0 aromatic carbocycles. The number of carbonyl (C=O) groups is 4. The molecule has 0 spiro atoms. The zero-order valence-corrected chi connectivity index (χ0v) is 11.7. The second kappa shape index (κ2) is 11.2. The first-order valence-electron chi connectivity index (χ1n) is 4.67. The lowest BCUT2D eigenvalue weighted by Gasteiger charge is -2.02. The summed E-state index contributed by atoms with van der Waals surface area (Å²) in [5.74, 6) is -3.44. The molecular weight excluding hydrogens is 328 g/mol. The molecule has 0 aromatic heterocycles. The van der Waals surface area contributed by atoms with E-state index in [0.29, 0.717) is 6.08 Å². The number of hydrogen-bond donors (Lipinski definition) is 2. The summed E-state index contributed by atoms with van der Waals surface area (Å²) in [6.07, 6.45) is 1.29. The predicted octanol–water partition coefficient (Wildman–Crippen LogP) is 0.198. The van der Waals surface area contributed by atoms with Crippen LogP contribution in [-0.2, 0) is 28.7 Å². The molecule has 2 N–H and O–H groups in total. The van der Waals surface area contributed by atoms with Crippen LogP contribution in [0.5, 0.6) is 0 Å². The molecule has 0 heterocycles. The van der Waals surface area contributed by atoms with Gasteiger partial charge >= 0.3 is 23.9 Å². The summed E-state index contributed by atoms with van der Waals surface area (Å²) in [6, 6.07) is 0. The Morgan fingerprint density at radius 2 is 1.63 bits per heavy atom. The number of hydrogen-bond acceptors (Lipinski definition) is 6. The van der Waals surface area contributed by atoms with Crippen molar-refractivity contribution in [3.05, 3.63) is 12.2 Å². The van der Waals surface area contributed by atoms with Gasteiger partial charge < -0.3 is 19.7 Å². The maximum atomic E-state index is 10.5. The fourth-order valence-electron chi connectivity index (χ4n) is 0.572. The van der Waals surface area contributed by atoms with Gasteiger partial charge in [-0.25, -0.2) is 9.59 Å². The number of halogens is 1. The number of carbonyl (C=O) groups excluding carboxylic acids is 2. The van der Waals surface area contributed by atoms with Crippen LogP contribution in [0.25, 0.3) is 0 Å². The topological polar surface area (TPSA) is 127 Å². The van der Waals surface area contributed by atoms with Crippen molar-refractivity contribution in [1.29, 1.82) is 0 Å². The van der Waals surface area contributed by atoms with Crippen molar-refractivity contribution in [2.45, 2.75) is 11.2 Å². The summed E-state index contributed by atoms with van der Waals surface area (Å²) >= 11 is 2.85. The van der Waals surface area contributed by atoms with Gasteiger partial charge in [0.1, 0.15) is 4.83 Å². The van der Waals surface area contributed by atoms with Crippen LogP contribution in [0.2, 0.25) is 0 Å². The van der Waals surface area contributed by atoms with E-state index in [0.717, 1.165) is 6.08 Å². The van der Waals surface area contributed by atoms with Crippen molar-refractivity contribution in [2.24, 2.45) is 0 Å². The van der Waals surface area contributed by atoms with Crippen LogP contribution in [0.4, 0.5) is 0 Å². The molecule has 0 aliphatic rings. The van der Waals surface area contributed by atoms with Gasteiger partial charge in [0.2, 0.25) is 0 Å². The minimum absolute atomic E-state index is 0.257. The highest BCUT2D eigenvalue weighted by atomic mass is 79.9. The first kappa shape index (κ1) is 19.4. The Morgan fingerprint density at radius 1 is 1.11 bits per heavy atom. The quantitative estimate of drug-likeness (QED) is 0.412. The van der Waals surface area contributed by atoms with E-state index in [9.17, 15) is 19.2 Å². The van der Waals surface area contributed by atoms with Gasteiger partial charge in [0.15, 0.2) is 0 Å². The van der Waals surface area contributed by atoms with Gasteiger partial charge in [0.05, 0.1) is 20.6 Å². The Bertz CT molecular complexity index is 363. The van der Waals surface area contributed by atoms with Crippen molar-refractivity contribution in [3.8, 4) is 0 Å². The Balaban J connectivity index is 0. The third-order valence-electron chi connectivity index (χ3n) is 1.37. The number of carboxylic acids is 2. The lowest BCUT2D eigenvalue weighted by atomic mass is 10.3. The van der Waals surface area contributed by atoms with Crippen LogP contribution >= 0.6 is 15.9 Å². The molecule has 0 saturated carbocycles. The van der Waals surface area contributed by atoms with E-state index in [2.05, 4.69) is 25.4 Å². The Morgan fingerprint density at radius 3 is 1.95 bits per heavy atom. The third-order valence-corrected chi connectivity index (χ3v) is 2.07. The minimum Gasteiger partial charge on any atom is -0.481 e. The van der Waals surface area contributed by atoms with Crippen molar-refractivity contribution in [1.82, 2.24) is 0 Å². The fraction of sp³-hybridized carbons (Fsp3) is 0.400. The summed E-state index contributed by atoms with van der Waals surface area (Å²) in [5, 5.41) is 16.2. The van der Waals surface area contributed by atoms with E-state index < -0.39 is 28.7 Å². The fourth-order valence-corrected chi connectivity index (χ4v) is 1.04. The van der Waals surface area contributed by atoms with Crippen LogP contribution in [0.1, 0.15) is 6.42 Å². The van der Waals surface area contributed by atoms with Gasteiger partial charge in [-0.1, -0.05) is 15.9 Å². The Labute approximate surface area is 117 Å². The SMILES string of the molecule is COC(=O)C(Br)CC(=O)O.COC(=O)C=CC(=O)O. The van der Waals surface area contributed by atoms with E-state index in [1.165, 1.54) is 14.2 Å². The number of rotatable bonds is 5. The highest BCUT2D eigenvalue weighted by molar-refractivity contribution is 9.10. The van der Waals surface area contributed by atoms with E-state index in [-0.39, 0.29) is 6.42 Å². The largest absolute Gasteiger partial charge is 0.481 e. The monoisotopic (exact) mass is 340 g/mol. The highest BCUT2D eigenvalue weighted by Gasteiger charge is 2.18. The van der Waals surface area contributed by atoms with Gasteiger partial charge in [-0.15, -0.1) is 0 Å².